The van der Waals surface area contributed by atoms with Crippen molar-refractivity contribution in [2.75, 3.05) is 0 Å². The van der Waals surface area contributed by atoms with E-state index in [1.54, 1.807) is 0 Å². The number of aliphatic hydroxyl groups excluding tert-OH is 1. The Balaban J connectivity index is 2.04. The number of aryl methyl sites for hydroxylation is 2. The summed E-state index contributed by atoms with van der Waals surface area (Å²) in [5.74, 6) is -0.0504. The molecule has 2 aromatic rings. The highest BCUT2D eigenvalue weighted by atomic mass is 32.1. The summed E-state index contributed by atoms with van der Waals surface area (Å²) in [4.78, 5) is 14.1. The molecule has 0 radical (unpaired) electrons. The lowest BCUT2D eigenvalue weighted by atomic mass is 10.1. The van der Waals surface area contributed by atoms with Gasteiger partial charge in [-0.2, -0.15) is 0 Å². The summed E-state index contributed by atoms with van der Waals surface area (Å²) < 4.78 is 0. The Bertz CT molecular complexity index is 604. The highest BCUT2D eigenvalue weighted by Crippen LogP contribution is 2.22. The van der Waals surface area contributed by atoms with Crippen LogP contribution in [0.5, 0.6) is 0 Å². The van der Waals surface area contributed by atoms with Crippen molar-refractivity contribution >= 4 is 17.2 Å². The van der Waals surface area contributed by atoms with E-state index in [0.717, 1.165) is 22.4 Å². The molecule has 0 aliphatic carbocycles. The number of aliphatic hydroxyl groups is 1. The molecular formula is C16H19NO2S. The molecule has 0 saturated carbocycles. The lowest BCUT2D eigenvalue weighted by Gasteiger charge is -2.08. The summed E-state index contributed by atoms with van der Waals surface area (Å²) in [6.45, 7) is 4.56. The van der Waals surface area contributed by atoms with E-state index in [4.69, 9.17) is 0 Å². The number of benzene rings is 1. The maximum atomic E-state index is 12.1. The minimum Gasteiger partial charge on any atom is -0.392 e. The molecule has 2 N–H and O–H groups in total. The van der Waals surface area contributed by atoms with E-state index >= 15 is 0 Å². The molecule has 3 nitrogen and oxygen atoms in total. The summed E-state index contributed by atoms with van der Waals surface area (Å²) in [5, 5.41) is 12.2. The van der Waals surface area contributed by atoms with Gasteiger partial charge in [-0.15, -0.1) is 11.3 Å². The topological polar surface area (TPSA) is 49.3 Å². The number of amides is 1. The number of hydrogen-bond donors (Lipinski definition) is 2. The summed E-state index contributed by atoms with van der Waals surface area (Å²) in [5.41, 5.74) is 3.03. The molecule has 0 aliphatic heterocycles. The van der Waals surface area contributed by atoms with Gasteiger partial charge in [0.05, 0.1) is 11.5 Å². The van der Waals surface area contributed by atoms with Gasteiger partial charge >= 0.3 is 0 Å². The Morgan fingerprint density at radius 3 is 2.55 bits per heavy atom. The summed E-state index contributed by atoms with van der Waals surface area (Å²) in [6, 6.07) is 9.54. The van der Waals surface area contributed by atoms with E-state index in [-0.39, 0.29) is 12.5 Å². The van der Waals surface area contributed by atoms with E-state index in [1.807, 2.05) is 37.3 Å². The van der Waals surface area contributed by atoms with Crippen LogP contribution in [0.1, 0.15) is 38.2 Å². The number of rotatable bonds is 5. The fourth-order valence-electron chi connectivity index (χ4n) is 2.13. The lowest BCUT2D eigenvalue weighted by molar-refractivity contribution is 0.0954. The van der Waals surface area contributed by atoms with Crippen LogP contribution in [0.2, 0.25) is 0 Å². The van der Waals surface area contributed by atoms with E-state index in [1.165, 1.54) is 21.8 Å². The zero-order chi connectivity index (χ0) is 14.5. The average molecular weight is 289 g/mol. The number of thiophene rings is 1. The quantitative estimate of drug-likeness (QED) is 0.889. The van der Waals surface area contributed by atoms with Crippen LogP contribution >= 0.6 is 11.3 Å². The van der Waals surface area contributed by atoms with Crippen molar-refractivity contribution in [1.29, 1.82) is 0 Å². The molecule has 0 spiro atoms. The first-order valence-corrected chi connectivity index (χ1v) is 7.52. The van der Waals surface area contributed by atoms with Gasteiger partial charge in [0, 0.05) is 11.4 Å². The van der Waals surface area contributed by atoms with Gasteiger partial charge in [-0.3, -0.25) is 4.79 Å². The van der Waals surface area contributed by atoms with E-state index in [9.17, 15) is 9.90 Å². The van der Waals surface area contributed by atoms with Crippen LogP contribution in [0, 0.1) is 6.92 Å². The van der Waals surface area contributed by atoms with E-state index in [0.29, 0.717) is 6.54 Å². The fourth-order valence-corrected chi connectivity index (χ4v) is 3.16. The first-order chi connectivity index (χ1) is 9.65. The molecule has 2 rings (SSSR count). The molecule has 0 fully saturated rings. The summed E-state index contributed by atoms with van der Waals surface area (Å²) in [6.07, 6.45) is 0.947. The van der Waals surface area contributed by atoms with Crippen molar-refractivity contribution in [2.24, 2.45) is 0 Å². The molecule has 106 valence electrons. The number of nitrogens with one attached hydrogen (secondary N) is 1. The summed E-state index contributed by atoms with van der Waals surface area (Å²) >= 11 is 1.53. The molecule has 0 aliphatic rings. The van der Waals surface area contributed by atoms with Crippen molar-refractivity contribution in [3.63, 3.8) is 0 Å². The van der Waals surface area contributed by atoms with Crippen molar-refractivity contribution in [3.8, 4) is 0 Å². The van der Waals surface area contributed by atoms with Crippen LogP contribution in [0.3, 0.4) is 0 Å². The smallest absolute Gasteiger partial charge is 0.261 e. The predicted molar refractivity (Wildman–Crippen MR) is 82.0 cm³/mol. The van der Waals surface area contributed by atoms with Gasteiger partial charge in [-0.1, -0.05) is 31.2 Å². The standard InChI is InChI=1S/C16H19NO2S/c1-3-12-8-15(20-11(12)2)16(19)17-9-13-6-4-5-7-14(13)10-18/h4-8,18H,3,9-10H2,1-2H3,(H,17,19). The van der Waals surface area contributed by atoms with E-state index < -0.39 is 0 Å². The molecule has 20 heavy (non-hydrogen) atoms. The van der Waals surface area contributed by atoms with Crippen molar-refractivity contribution in [2.45, 2.75) is 33.4 Å². The monoisotopic (exact) mass is 289 g/mol. The first kappa shape index (κ1) is 14.8. The highest BCUT2D eigenvalue weighted by Gasteiger charge is 2.11. The maximum Gasteiger partial charge on any atom is 0.261 e. The summed E-state index contributed by atoms with van der Waals surface area (Å²) in [7, 11) is 0. The van der Waals surface area contributed by atoms with Crippen LogP contribution < -0.4 is 5.32 Å². The second-order valence-electron chi connectivity index (χ2n) is 4.66. The predicted octanol–water partition coefficient (Wildman–Crippen LogP) is 3.04. The minimum atomic E-state index is -0.0504. The molecule has 4 heteroatoms. The molecule has 0 bridgehead atoms. The van der Waals surface area contributed by atoms with Gasteiger partial charge in [0.15, 0.2) is 0 Å². The zero-order valence-corrected chi connectivity index (χ0v) is 12.6. The maximum absolute atomic E-state index is 12.1. The second-order valence-corrected chi connectivity index (χ2v) is 5.91. The van der Waals surface area contributed by atoms with Crippen LogP contribution in [0.25, 0.3) is 0 Å². The molecule has 1 heterocycles. The van der Waals surface area contributed by atoms with Gasteiger partial charge in [0.25, 0.3) is 5.91 Å². The lowest BCUT2D eigenvalue weighted by Crippen LogP contribution is -2.22. The SMILES string of the molecule is CCc1cc(C(=O)NCc2ccccc2CO)sc1C. The minimum absolute atomic E-state index is 0.00978. The fraction of sp³-hybridized carbons (Fsp3) is 0.312. The first-order valence-electron chi connectivity index (χ1n) is 6.70. The van der Waals surface area contributed by atoms with Crippen molar-refractivity contribution in [3.05, 3.63) is 56.8 Å². The molecule has 1 aromatic carbocycles. The Morgan fingerprint density at radius 1 is 1.25 bits per heavy atom. The van der Waals surface area contributed by atoms with Gasteiger partial charge in [0.1, 0.15) is 0 Å². The third-order valence-electron chi connectivity index (χ3n) is 3.35. The molecule has 0 unspecified atom stereocenters. The largest absolute Gasteiger partial charge is 0.392 e. The number of carbonyl (C=O) groups is 1. The Kier molecular flexibility index (Phi) is 4.93. The molecule has 0 atom stereocenters. The Hall–Kier alpha value is -1.65. The number of carbonyl (C=O) groups excluding carboxylic acids is 1. The second kappa shape index (κ2) is 6.68. The van der Waals surface area contributed by atoms with Gasteiger partial charge in [-0.25, -0.2) is 0 Å². The van der Waals surface area contributed by atoms with Crippen molar-refractivity contribution < 1.29 is 9.90 Å². The van der Waals surface area contributed by atoms with E-state index in [2.05, 4.69) is 12.2 Å². The molecule has 0 saturated heterocycles. The van der Waals surface area contributed by atoms with Gasteiger partial charge < -0.3 is 10.4 Å². The normalized spacial score (nSPS) is 10.6. The van der Waals surface area contributed by atoms with Gasteiger partial charge in [0.2, 0.25) is 0 Å². The Morgan fingerprint density at radius 2 is 1.95 bits per heavy atom. The van der Waals surface area contributed by atoms with Crippen LogP contribution in [-0.4, -0.2) is 11.0 Å². The van der Waals surface area contributed by atoms with Crippen molar-refractivity contribution in [1.82, 2.24) is 5.32 Å². The molecule has 1 aromatic heterocycles. The van der Waals surface area contributed by atoms with Crippen LogP contribution in [0.4, 0.5) is 0 Å². The Labute approximate surface area is 123 Å². The number of hydrogen-bond acceptors (Lipinski definition) is 3. The third kappa shape index (κ3) is 3.26. The van der Waals surface area contributed by atoms with Crippen LogP contribution in [-0.2, 0) is 19.6 Å². The molecular weight excluding hydrogens is 270 g/mol. The molecule has 1 amide bonds. The highest BCUT2D eigenvalue weighted by molar-refractivity contribution is 7.14. The van der Waals surface area contributed by atoms with Gasteiger partial charge in [-0.05, 0) is 36.1 Å². The average Bonchev–Trinajstić information content (AvgIpc) is 2.86. The zero-order valence-electron chi connectivity index (χ0n) is 11.8. The van der Waals surface area contributed by atoms with Crippen LogP contribution in [0.15, 0.2) is 30.3 Å². The third-order valence-corrected chi connectivity index (χ3v) is 4.44.